The third-order valence-corrected chi connectivity index (χ3v) is 7.05. The lowest BCUT2D eigenvalue weighted by atomic mass is 10.0. The second-order valence-corrected chi connectivity index (χ2v) is 10.1. The van der Waals surface area contributed by atoms with E-state index in [1.165, 1.54) is 25.3 Å². The molecule has 37 heavy (non-hydrogen) atoms. The first-order chi connectivity index (χ1) is 17.5. The standard InChI is InChI=1S/C25H19Cl2N3O6S/c1-13-9-16(37(33,34)35)12-20(22(13)27)29-30-23-17-6-4-3-5-14(17)10-18(24(23)31)25(32)28-15-7-8-19(26)21(11-15)36-2/h3-12,31H,1-2H3,(H,28,32)(H,33,34,35). The van der Waals surface area contributed by atoms with Crippen molar-refractivity contribution < 1.29 is 27.6 Å². The van der Waals surface area contributed by atoms with Crippen LogP contribution < -0.4 is 10.1 Å². The van der Waals surface area contributed by atoms with Gasteiger partial charge in [-0.2, -0.15) is 8.42 Å². The number of rotatable bonds is 6. The van der Waals surface area contributed by atoms with Crippen LogP contribution in [-0.4, -0.2) is 31.1 Å². The number of nitrogens with zero attached hydrogens (tertiary/aromatic N) is 2. The molecule has 4 rings (SSSR count). The lowest BCUT2D eigenvalue weighted by Gasteiger charge is -2.12. The van der Waals surface area contributed by atoms with E-state index in [0.717, 1.165) is 6.07 Å². The van der Waals surface area contributed by atoms with Crippen LogP contribution in [0.5, 0.6) is 11.5 Å². The highest BCUT2D eigenvalue weighted by Crippen LogP contribution is 2.41. The predicted molar refractivity (Wildman–Crippen MR) is 142 cm³/mol. The zero-order valence-corrected chi connectivity index (χ0v) is 21.7. The lowest BCUT2D eigenvalue weighted by Crippen LogP contribution is -2.12. The van der Waals surface area contributed by atoms with Crippen LogP contribution in [0.25, 0.3) is 10.8 Å². The van der Waals surface area contributed by atoms with Gasteiger partial charge in [0.15, 0.2) is 5.75 Å². The molecule has 0 aliphatic heterocycles. The Labute approximate surface area is 222 Å². The first kappa shape index (κ1) is 26.4. The van der Waals surface area contributed by atoms with Gasteiger partial charge in [0.05, 0.1) is 27.6 Å². The molecule has 0 fully saturated rings. The molecule has 0 unspecified atom stereocenters. The summed E-state index contributed by atoms with van der Waals surface area (Å²) in [5.41, 5.74) is 0.539. The van der Waals surface area contributed by atoms with E-state index in [4.69, 9.17) is 27.9 Å². The molecule has 4 aromatic carbocycles. The predicted octanol–water partition coefficient (Wildman–Crippen LogP) is 7.08. The van der Waals surface area contributed by atoms with Crippen LogP contribution in [0.1, 0.15) is 15.9 Å². The number of carbonyl (C=O) groups excluding carboxylic acids is 1. The fraction of sp³-hybridized carbons (Fsp3) is 0.0800. The number of fused-ring (bicyclic) bond motifs is 1. The van der Waals surface area contributed by atoms with Crippen LogP contribution in [0, 0.1) is 6.92 Å². The third-order valence-electron chi connectivity index (χ3n) is 5.41. The summed E-state index contributed by atoms with van der Waals surface area (Å²) in [5, 5.41) is 23.4. The zero-order valence-electron chi connectivity index (χ0n) is 19.4. The lowest BCUT2D eigenvalue weighted by molar-refractivity contribution is 0.102. The molecule has 3 N–H and O–H groups in total. The Bertz CT molecular complexity index is 1690. The van der Waals surface area contributed by atoms with Crippen molar-refractivity contribution in [3.63, 3.8) is 0 Å². The number of methoxy groups -OCH3 is 1. The molecule has 1 amide bonds. The summed E-state index contributed by atoms with van der Waals surface area (Å²) in [6.07, 6.45) is 0. The number of phenolic OH excluding ortho intramolecular Hbond substituents is 1. The Morgan fingerprint density at radius 2 is 1.76 bits per heavy atom. The topological polar surface area (TPSA) is 138 Å². The van der Waals surface area contributed by atoms with Gasteiger partial charge in [0.25, 0.3) is 16.0 Å². The number of amides is 1. The molecule has 190 valence electrons. The van der Waals surface area contributed by atoms with E-state index in [0.29, 0.717) is 32.8 Å². The van der Waals surface area contributed by atoms with Crippen molar-refractivity contribution in [3.05, 3.63) is 81.8 Å². The third kappa shape index (κ3) is 5.52. The molecule has 9 nitrogen and oxygen atoms in total. The van der Waals surface area contributed by atoms with Gasteiger partial charge in [-0.05, 0) is 48.2 Å². The molecule has 12 heteroatoms. The fourth-order valence-corrected chi connectivity index (χ4v) is 4.50. The average Bonchev–Trinajstić information content (AvgIpc) is 2.85. The maximum atomic E-state index is 13.1. The number of azo groups is 1. The largest absolute Gasteiger partial charge is 0.505 e. The molecule has 0 saturated heterocycles. The van der Waals surface area contributed by atoms with Crippen LogP contribution in [0.4, 0.5) is 17.1 Å². The normalized spacial score (nSPS) is 11.7. The molecular formula is C25H19Cl2N3O6S. The number of nitrogens with one attached hydrogen (secondary N) is 1. The number of anilines is 1. The first-order valence-electron chi connectivity index (χ1n) is 10.6. The van der Waals surface area contributed by atoms with E-state index in [2.05, 4.69) is 15.5 Å². The monoisotopic (exact) mass is 559 g/mol. The van der Waals surface area contributed by atoms with E-state index in [-0.39, 0.29) is 22.0 Å². The van der Waals surface area contributed by atoms with Gasteiger partial charge in [0.1, 0.15) is 17.1 Å². The van der Waals surface area contributed by atoms with Crippen LogP contribution >= 0.6 is 23.2 Å². The SMILES string of the molecule is COc1cc(NC(=O)c2cc3ccccc3c(N=Nc3cc(S(=O)(=O)O)cc(C)c3Cl)c2O)ccc1Cl. The molecule has 0 aliphatic carbocycles. The second kappa shape index (κ2) is 10.3. The number of phenols is 1. The number of hydrogen-bond acceptors (Lipinski definition) is 7. The minimum absolute atomic E-state index is 0.0390. The summed E-state index contributed by atoms with van der Waals surface area (Å²) >= 11 is 12.3. The molecule has 0 heterocycles. The fourth-order valence-electron chi connectivity index (χ4n) is 3.57. The molecule has 0 spiro atoms. The Balaban J connectivity index is 1.80. The quantitative estimate of drug-likeness (QED) is 0.170. The van der Waals surface area contributed by atoms with E-state index in [1.807, 2.05) is 0 Å². The summed E-state index contributed by atoms with van der Waals surface area (Å²) < 4.78 is 37.8. The number of halogens is 2. The Hall–Kier alpha value is -3.70. The Morgan fingerprint density at radius 1 is 1.03 bits per heavy atom. The molecule has 0 bridgehead atoms. The van der Waals surface area contributed by atoms with Crippen molar-refractivity contribution in [2.45, 2.75) is 11.8 Å². The Morgan fingerprint density at radius 3 is 2.46 bits per heavy atom. The zero-order chi connectivity index (χ0) is 26.9. The van der Waals surface area contributed by atoms with Crippen LogP contribution in [0.2, 0.25) is 10.0 Å². The van der Waals surface area contributed by atoms with Crippen molar-refractivity contribution in [2.24, 2.45) is 10.2 Å². The highest BCUT2D eigenvalue weighted by molar-refractivity contribution is 7.85. The van der Waals surface area contributed by atoms with Gasteiger partial charge in [-0.3, -0.25) is 9.35 Å². The van der Waals surface area contributed by atoms with Gasteiger partial charge in [-0.1, -0.05) is 47.5 Å². The van der Waals surface area contributed by atoms with Gasteiger partial charge in [0, 0.05) is 17.1 Å². The summed E-state index contributed by atoms with van der Waals surface area (Å²) in [6, 6.07) is 15.3. The second-order valence-electron chi connectivity index (χ2n) is 7.89. The molecular weight excluding hydrogens is 541 g/mol. The average molecular weight is 560 g/mol. The minimum Gasteiger partial charge on any atom is -0.505 e. The highest BCUT2D eigenvalue weighted by atomic mass is 35.5. The number of benzene rings is 4. The molecule has 0 atom stereocenters. The van der Waals surface area contributed by atoms with Crippen molar-refractivity contribution in [1.29, 1.82) is 0 Å². The summed E-state index contributed by atoms with van der Waals surface area (Å²) in [4.78, 5) is 12.7. The number of carbonyl (C=O) groups is 1. The number of aryl methyl sites for hydroxylation is 1. The van der Waals surface area contributed by atoms with Crippen LogP contribution in [-0.2, 0) is 10.1 Å². The highest BCUT2D eigenvalue weighted by Gasteiger charge is 2.20. The van der Waals surface area contributed by atoms with Gasteiger partial charge >= 0.3 is 0 Å². The number of hydrogen-bond donors (Lipinski definition) is 3. The molecule has 4 aromatic rings. The number of aromatic hydroxyl groups is 1. The molecule has 0 aromatic heterocycles. The maximum Gasteiger partial charge on any atom is 0.294 e. The van der Waals surface area contributed by atoms with E-state index in [1.54, 1.807) is 43.3 Å². The van der Waals surface area contributed by atoms with Gasteiger partial charge < -0.3 is 15.2 Å². The summed E-state index contributed by atoms with van der Waals surface area (Å²) in [6.45, 7) is 1.54. The Kier molecular flexibility index (Phi) is 7.37. The molecule has 0 saturated carbocycles. The summed E-state index contributed by atoms with van der Waals surface area (Å²) in [5.74, 6) is -0.734. The van der Waals surface area contributed by atoms with Gasteiger partial charge in [0.2, 0.25) is 0 Å². The van der Waals surface area contributed by atoms with Crippen LogP contribution in [0.3, 0.4) is 0 Å². The van der Waals surface area contributed by atoms with Crippen molar-refractivity contribution in [2.75, 3.05) is 12.4 Å². The van der Waals surface area contributed by atoms with Crippen molar-refractivity contribution >= 4 is 67.1 Å². The maximum absolute atomic E-state index is 13.1. The smallest absolute Gasteiger partial charge is 0.294 e. The van der Waals surface area contributed by atoms with Crippen LogP contribution in [0.15, 0.2) is 75.8 Å². The van der Waals surface area contributed by atoms with E-state index >= 15 is 0 Å². The van der Waals surface area contributed by atoms with Gasteiger partial charge in [-0.25, -0.2) is 0 Å². The van der Waals surface area contributed by atoms with Crippen molar-refractivity contribution in [3.8, 4) is 11.5 Å². The number of ether oxygens (including phenoxy) is 1. The first-order valence-corrected chi connectivity index (χ1v) is 12.8. The summed E-state index contributed by atoms with van der Waals surface area (Å²) in [7, 11) is -3.08. The van der Waals surface area contributed by atoms with Crippen molar-refractivity contribution in [1.82, 2.24) is 0 Å². The van der Waals surface area contributed by atoms with E-state index < -0.39 is 26.7 Å². The van der Waals surface area contributed by atoms with Gasteiger partial charge in [-0.15, -0.1) is 10.2 Å². The molecule has 0 aliphatic rings. The van der Waals surface area contributed by atoms with E-state index in [9.17, 15) is 22.9 Å². The molecule has 0 radical (unpaired) electrons. The minimum atomic E-state index is -4.53.